The number of carboxylic acids is 1. The first kappa shape index (κ1) is 16.1. The van der Waals surface area contributed by atoms with Crippen LogP contribution in [0.2, 0.25) is 10.0 Å². The predicted molar refractivity (Wildman–Crippen MR) is 84.3 cm³/mol. The molecule has 0 radical (unpaired) electrons. The second-order valence-electron chi connectivity index (χ2n) is 4.87. The Hall–Kier alpha value is -1.23. The van der Waals surface area contributed by atoms with Crippen LogP contribution in [0.4, 0.5) is 0 Å². The first-order valence-electron chi connectivity index (χ1n) is 6.81. The Morgan fingerprint density at radius 2 is 2.05 bits per heavy atom. The number of hydrogen-bond acceptors (Lipinski definition) is 3. The molecule has 4 nitrogen and oxygen atoms in total. The van der Waals surface area contributed by atoms with Gasteiger partial charge < -0.3 is 9.84 Å². The van der Waals surface area contributed by atoms with Crippen LogP contribution in [0.15, 0.2) is 18.2 Å². The standard InChI is InChI=1S/C15H17Cl2NO3/c16-12-9-11(3-4-14(19)20)15(13(17)10-12)21-8-7-18-5-1-2-6-18/h3-4,9-10H,1-2,5-8H2,(H,19,20)/b4-3+. The number of hydrogen-bond donors (Lipinski definition) is 1. The third-order valence-electron chi connectivity index (χ3n) is 3.30. The van der Waals surface area contributed by atoms with Crippen LogP contribution in [-0.2, 0) is 4.79 Å². The van der Waals surface area contributed by atoms with Gasteiger partial charge in [-0.2, -0.15) is 0 Å². The number of carboxylic acid groups (broad SMARTS) is 1. The van der Waals surface area contributed by atoms with Crippen molar-refractivity contribution < 1.29 is 14.6 Å². The molecular weight excluding hydrogens is 313 g/mol. The van der Waals surface area contributed by atoms with Crippen LogP contribution in [0.25, 0.3) is 6.08 Å². The number of aliphatic carboxylic acids is 1. The summed E-state index contributed by atoms with van der Waals surface area (Å²) >= 11 is 12.1. The van der Waals surface area contributed by atoms with Gasteiger partial charge >= 0.3 is 5.97 Å². The van der Waals surface area contributed by atoms with E-state index in [-0.39, 0.29) is 0 Å². The van der Waals surface area contributed by atoms with Gasteiger partial charge in [-0.25, -0.2) is 4.79 Å². The van der Waals surface area contributed by atoms with Crippen LogP contribution >= 0.6 is 23.2 Å². The van der Waals surface area contributed by atoms with E-state index in [0.29, 0.717) is 28.0 Å². The normalized spacial score (nSPS) is 15.7. The fourth-order valence-electron chi connectivity index (χ4n) is 2.30. The fourth-order valence-corrected chi connectivity index (χ4v) is 2.86. The van der Waals surface area contributed by atoms with Crippen LogP contribution in [0.5, 0.6) is 5.75 Å². The van der Waals surface area contributed by atoms with Gasteiger partial charge in [0.15, 0.2) is 0 Å². The summed E-state index contributed by atoms with van der Waals surface area (Å²) in [5.74, 6) is -0.563. The van der Waals surface area contributed by atoms with Gasteiger partial charge in [-0.3, -0.25) is 4.90 Å². The summed E-state index contributed by atoms with van der Waals surface area (Å²) in [5, 5.41) is 9.55. The summed E-state index contributed by atoms with van der Waals surface area (Å²) in [6.45, 7) is 3.54. The molecular formula is C15H17Cl2NO3. The molecule has 0 unspecified atom stereocenters. The first-order valence-corrected chi connectivity index (χ1v) is 7.57. The van der Waals surface area contributed by atoms with Crippen molar-refractivity contribution in [3.05, 3.63) is 33.8 Å². The molecule has 1 aliphatic rings. The zero-order valence-corrected chi connectivity index (χ0v) is 13.0. The highest BCUT2D eigenvalue weighted by molar-refractivity contribution is 6.35. The molecule has 1 heterocycles. The first-order chi connectivity index (χ1) is 10.1. The van der Waals surface area contributed by atoms with E-state index in [1.807, 2.05) is 0 Å². The van der Waals surface area contributed by atoms with Crippen molar-refractivity contribution in [2.24, 2.45) is 0 Å². The van der Waals surface area contributed by atoms with E-state index in [9.17, 15) is 4.79 Å². The molecule has 0 amide bonds. The van der Waals surface area contributed by atoms with E-state index in [4.69, 9.17) is 33.0 Å². The molecule has 21 heavy (non-hydrogen) atoms. The number of rotatable bonds is 6. The van der Waals surface area contributed by atoms with Gasteiger partial charge in [-0.15, -0.1) is 0 Å². The SMILES string of the molecule is O=C(O)/C=C/c1cc(Cl)cc(Cl)c1OCCN1CCCC1. The Balaban J connectivity index is 2.06. The molecule has 1 fully saturated rings. The van der Waals surface area contributed by atoms with Crippen LogP contribution in [0.1, 0.15) is 18.4 Å². The Labute approximate surface area is 133 Å². The lowest BCUT2D eigenvalue weighted by Gasteiger charge is -2.16. The number of nitrogens with zero attached hydrogens (tertiary/aromatic N) is 1. The van der Waals surface area contributed by atoms with Crippen LogP contribution in [-0.4, -0.2) is 42.2 Å². The lowest BCUT2D eigenvalue weighted by molar-refractivity contribution is -0.131. The molecule has 0 aromatic heterocycles. The molecule has 1 aromatic carbocycles. The van der Waals surface area contributed by atoms with Gasteiger partial charge in [0.05, 0.1) is 5.02 Å². The van der Waals surface area contributed by atoms with Gasteiger partial charge in [-0.05, 0) is 44.1 Å². The lowest BCUT2D eigenvalue weighted by Crippen LogP contribution is -2.25. The smallest absolute Gasteiger partial charge is 0.328 e. The van der Waals surface area contributed by atoms with E-state index in [1.54, 1.807) is 12.1 Å². The third kappa shape index (κ3) is 4.92. The maximum absolute atomic E-state index is 10.6. The summed E-state index contributed by atoms with van der Waals surface area (Å²) in [6.07, 6.45) is 4.93. The molecule has 0 bridgehead atoms. The maximum atomic E-state index is 10.6. The van der Waals surface area contributed by atoms with E-state index in [1.165, 1.54) is 18.9 Å². The zero-order chi connectivity index (χ0) is 15.2. The molecule has 0 spiro atoms. The molecule has 1 N–H and O–H groups in total. The van der Waals surface area contributed by atoms with Gasteiger partial charge in [0.2, 0.25) is 0 Å². The number of benzene rings is 1. The second-order valence-corrected chi connectivity index (χ2v) is 5.72. The van der Waals surface area contributed by atoms with Crippen LogP contribution < -0.4 is 4.74 Å². The molecule has 1 saturated heterocycles. The van der Waals surface area contributed by atoms with Gasteiger partial charge in [-0.1, -0.05) is 23.2 Å². The summed E-state index contributed by atoms with van der Waals surface area (Å²) < 4.78 is 5.74. The number of likely N-dealkylation sites (tertiary alicyclic amines) is 1. The lowest BCUT2D eigenvalue weighted by atomic mass is 10.2. The highest BCUT2D eigenvalue weighted by Crippen LogP contribution is 2.33. The van der Waals surface area contributed by atoms with E-state index >= 15 is 0 Å². The van der Waals surface area contributed by atoms with E-state index < -0.39 is 5.97 Å². The van der Waals surface area contributed by atoms with Crippen molar-refractivity contribution >= 4 is 35.2 Å². The van der Waals surface area contributed by atoms with Crippen molar-refractivity contribution in [2.75, 3.05) is 26.2 Å². The monoisotopic (exact) mass is 329 g/mol. The Morgan fingerprint density at radius 1 is 1.33 bits per heavy atom. The molecule has 2 rings (SSSR count). The van der Waals surface area contributed by atoms with Crippen molar-refractivity contribution in [1.82, 2.24) is 4.90 Å². The maximum Gasteiger partial charge on any atom is 0.328 e. The van der Waals surface area contributed by atoms with E-state index in [2.05, 4.69) is 4.90 Å². The van der Waals surface area contributed by atoms with Crippen LogP contribution in [0.3, 0.4) is 0 Å². The van der Waals surface area contributed by atoms with Crippen molar-refractivity contribution in [2.45, 2.75) is 12.8 Å². The highest BCUT2D eigenvalue weighted by Gasteiger charge is 2.13. The molecule has 114 valence electrons. The van der Waals surface area contributed by atoms with Crippen LogP contribution in [0, 0.1) is 0 Å². The van der Waals surface area contributed by atoms with Gasteiger partial charge in [0, 0.05) is 23.2 Å². The number of halogens is 2. The minimum Gasteiger partial charge on any atom is -0.490 e. The van der Waals surface area contributed by atoms with Crippen molar-refractivity contribution in [3.8, 4) is 5.75 Å². The molecule has 6 heteroatoms. The largest absolute Gasteiger partial charge is 0.490 e. The summed E-state index contributed by atoms with van der Waals surface area (Å²) in [6, 6.07) is 3.23. The highest BCUT2D eigenvalue weighted by atomic mass is 35.5. The summed E-state index contributed by atoms with van der Waals surface area (Å²) in [5.41, 5.74) is 0.566. The Bertz CT molecular complexity index is 540. The minimum absolute atomic E-state index is 0.383. The Kier molecular flexibility index (Phi) is 5.91. The average Bonchev–Trinajstić information content (AvgIpc) is 2.92. The number of ether oxygens (including phenoxy) is 1. The van der Waals surface area contributed by atoms with Gasteiger partial charge in [0.1, 0.15) is 12.4 Å². The molecule has 0 atom stereocenters. The van der Waals surface area contributed by atoms with Crippen molar-refractivity contribution in [3.63, 3.8) is 0 Å². The Morgan fingerprint density at radius 3 is 2.71 bits per heavy atom. The average molecular weight is 330 g/mol. The molecule has 0 aliphatic carbocycles. The summed E-state index contributed by atoms with van der Waals surface area (Å²) in [4.78, 5) is 13.0. The summed E-state index contributed by atoms with van der Waals surface area (Å²) in [7, 11) is 0. The molecule has 0 saturated carbocycles. The quantitative estimate of drug-likeness (QED) is 0.810. The fraction of sp³-hybridized carbons (Fsp3) is 0.400. The second kappa shape index (κ2) is 7.69. The van der Waals surface area contributed by atoms with Crippen molar-refractivity contribution in [1.29, 1.82) is 0 Å². The molecule has 1 aliphatic heterocycles. The van der Waals surface area contributed by atoms with Gasteiger partial charge in [0.25, 0.3) is 0 Å². The topological polar surface area (TPSA) is 49.8 Å². The number of carbonyl (C=O) groups is 1. The van der Waals surface area contributed by atoms with E-state index in [0.717, 1.165) is 25.7 Å². The zero-order valence-electron chi connectivity index (χ0n) is 11.5. The molecule has 1 aromatic rings. The third-order valence-corrected chi connectivity index (χ3v) is 3.79. The minimum atomic E-state index is -1.03. The predicted octanol–water partition coefficient (Wildman–Crippen LogP) is 3.57.